The molecule has 3 heterocycles. The van der Waals surface area contributed by atoms with Crippen molar-refractivity contribution < 1.29 is 8.42 Å². The second-order valence-electron chi connectivity index (χ2n) is 5.87. The molecule has 1 saturated heterocycles. The molecule has 1 N–H and O–H groups in total. The topological polar surface area (TPSA) is 64.0 Å². The molecule has 2 aliphatic rings. The van der Waals surface area contributed by atoms with Crippen molar-refractivity contribution in [2.75, 3.05) is 18.1 Å². The maximum absolute atomic E-state index is 11.7. The van der Waals surface area contributed by atoms with Gasteiger partial charge in [-0.05, 0) is 6.42 Å². The summed E-state index contributed by atoms with van der Waals surface area (Å²) in [6.45, 7) is 6.01. The number of hydrogen-bond donors (Lipinski definition) is 1. The zero-order chi connectivity index (χ0) is 13.6. The standard InChI is InChI=1S/C13H21N3O2S/c1-9(2)13-15-11-7-14-5-3-12(11)16(13)10-4-6-19(17,18)8-10/h9-10,14H,3-8H2,1-2H3. The predicted octanol–water partition coefficient (Wildman–Crippen LogP) is 1.01. The van der Waals surface area contributed by atoms with Gasteiger partial charge in [-0.15, -0.1) is 0 Å². The van der Waals surface area contributed by atoms with Gasteiger partial charge in [-0.2, -0.15) is 0 Å². The summed E-state index contributed by atoms with van der Waals surface area (Å²) in [5.41, 5.74) is 2.36. The van der Waals surface area contributed by atoms with E-state index in [1.165, 1.54) is 5.69 Å². The molecule has 1 unspecified atom stereocenters. The van der Waals surface area contributed by atoms with Crippen molar-refractivity contribution in [2.45, 2.75) is 45.2 Å². The molecule has 2 aliphatic heterocycles. The molecule has 0 radical (unpaired) electrons. The Hall–Kier alpha value is -0.880. The fourth-order valence-electron chi connectivity index (χ4n) is 3.15. The molecule has 1 aromatic rings. The Morgan fingerprint density at radius 3 is 2.84 bits per heavy atom. The summed E-state index contributed by atoms with van der Waals surface area (Å²) in [4.78, 5) is 4.75. The van der Waals surface area contributed by atoms with E-state index in [2.05, 4.69) is 23.7 Å². The number of imidazole rings is 1. The van der Waals surface area contributed by atoms with Crippen LogP contribution in [0, 0.1) is 0 Å². The van der Waals surface area contributed by atoms with Crippen molar-refractivity contribution in [3.63, 3.8) is 0 Å². The van der Waals surface area contributed by atoms with E-state index in [9.17, 15) is 8.42 Å². The van der Waals surface area contributed by atoms with Crippen LogP contribution in [0.3, 0.4) is 0 Å². The van der Waals surface area contributed by atoms with Gasteiger partial charge in [-0.3, -0.25) is 0 Å². The van der Waals surface area contributed by atoms with Crippen molar-refractivity contribution in [1.29, 1.82) is 0 Å². The summed E-state index contributed by atoms with van der Waals surface area (Å²) in [5.74, 6) is 1.98. The van der Waals surface area contributed by atoms with Gasteiger partial charge in [0.1, 0.15) is 5.82 Å². The summed E-state index contributed by atoms with van der Waals surface area (Å²) in [6.07, 6.45) is 1.68. The number of nitrogens with zero attached hydrogens (tertiary/aromatic N) is 2. The van der Waals surface area contributed by atoms with Gasteiger partial charge in [0.05, 0.1) is 23.2 Å². The normalized spacial score (nSPS) is 25.7. The summed E-state index contributed by atoms with van der Waals surface area (Å²) in [7, 11) is -2.85. The molecule has 0 aliphatic carbocycles. The van der Waals surface area contributed by atoms with E-state index in [0.29, 0.717) is 11.7 Å². The summed E-state index contributed by atoms with van der Waals surface area (Å²) in [6, 6.07) is 0.0942. The lowest BCUT2D eigenvalue weighted by Gasteiger charge is -2.21. The van der Waals surface area contributed by atoms with Crippen LogP contribution in [0.2, 0.25) is 0 Å². The number of fused-ring (bicyclic) bond motifs is 1. The van der Waals surface area contributed by atoms with Crippen LogP contribution >= 0.6 is 0 Å². The van der Waals surface area contributed by atoms with Crippen LogP contribution in [0.5, 0.6) is 0 Å². The largest absolute Gasteiger partial charge is 0.327 e. The van der Waals surface area contributed by atoms with Crippen molar-refractivity contribution in [3.05, 3.63) is 17.2 Å². The first-order valence-electron chi connectivity index (χ1n) is 6.99. The van der Waals surface area contributed by atoms with Gasteiger partial charge in [0.25, 0.3) is 0 Å². The second-order valence-corrected chi connectivity index (χ2v) is 8.10. The number of aromatic nitrogens is 2. The highest BCUT2D eigenvalue weighted by Gasteiger charge is 2.33. The third-order valence-corrected chi connectivity index (χ3v) is 5.79. The average Bonchev–Trinajstić information content (AvgIpc) is 2.89. The van der Waals surface area contributed by atoms with Gasteiger partial charge in [0.15, 0.2) is 9.84 Å². The molecule has 0 aromatic carbocycles. The molecule has 0 bridgehead atoms. The Kier molecular flexibility index (Phi) is 3.17. The van der Waals surface area contributed by atoms with Gasteiger partial charge in [-0.25, -0.2) is 13.4 Å². The summed E-state index contributed by atoms with van der Waals surface area (Å²) < 4.78 is 25.7. The van der Waals surface area contributed by atoms with Crippen LogP contribution in [0.15, 0.2) is 0 Å². The lowest BCUT2D eigenvalue weighted by atomic mass is 10.1. The first-order chi connectivity index (χ1) is 8.98. The van der Waals surface area contributed by atoms with Crippen molar-refractivity contribution >= 4 is 9.84 Å². The molecule has 106 valence electrons. The van der Waals surface area contributed by atoms with E-state index >= 15 is 0 Å². The van der Waals surface area contributed by atoms with E-state index in [1.54, 1.807) is 0 Å². The van der Waals surface area contributed by atoms with E-state index in [1.807, 2.05) is 0 Å². The minimum absolute atomic E-state index is 0.0942. The minimum atomic E-state index is -2.85. The Morgan fingerprint density at radius 2 is 2.21 bits per heavy atom. The minimum Gasteiger partial charge on any atom is -0.327 e. The van der Waals surface area contributed by atoms with Crippen molar-refractivity contribution in [1.82, 2.24) is 14.9 Å². The lowest BCUT2D eigenvalue weighted by molar-refractivity contribution is 0.490. The van der Waals surface area contributed by atoms with E-state index < -0.39 is 9.84 Å². The molecule has 1 aromatic heterocycles. The Labute approximate surface area is 114 Å². The van der Waals surface area contributed by atoms with Crippen LogP contribution < -0.4 is 5.32 Å². The average molecular weight is 283 g/mol. The molecule has 0 amide bonds. The Bertz CT molecular complexity index is 589. The molecule has 1 fully saturated rings. The van der Waals surface area contributed by atoms with Gasteiger partial charge >= 0.3 is 0 Å². The fourth-order valence-corrected chi connectivity index (χ4v) is 4.85. The molecular weight excluding hydrogens is 262 g/mol. The van der Waals surface area contributed by atoms with Crippen molar-refractivity contribution in [2.24, 2.45) is 0 Å². The zero-order valence-electron chi connectivity index (χ0n) is 11.5. The second kappa shape index (κ2) is 4.59. The molecule has 0 saturated carbocycles. The smallest absolute Gasteiger partial charge is 0.152 e. The molecular formula is C13H21N3O2S. The quantitative estimate of drug-likeness (QED) is 0.880. The molecule has 0 spiro atoms. The predicted molar refractivity (Wildman–Crippen MR) is 74.0 cm³/mol. The van der Waals surface area contributed by atoms with Crippen LogP contribution in [0.25, 0.3) is 0 Å². The molecule has 19 heavy (non-hydrogen) atoms. The Balaban J connectivity index is 2.06. The molecule has 5 nitrogen and oxygen atoms in total. The summed E-state index contributed by atoms with van der Waals surface area (Å²) >= 11 is 0. The first kappa shape index (κ1) is 13.1. The summed E-state index contributed by atoms with van der Waals surface area (Å²) in [5, 5.41) is 3.33. The maximum Gasteiger partial charge on any atom is 0.152 e. The molecule has 3 rings (SSSR count). The fraction of sp³-hybridized carbons (Fsp3) is 0.769. The third-order valence-electron chi connectivity index (χ3n) is 4.04. The van der Waals surface area contributed by atoms with Gasteiger partial charge in [-0.1, -0.05) is 13.8 Å². The number of sulfone groups is 1. The third kappa shape index (κ3) is 2.31. The van der Waals surface area contributed by atoms with E-state index in [-0.39, 0.29) is 11.8 Å². The highest BCUT2D eigenvalue weighted by Crippen LogP contribution is 2.31. The number of rotatable bonds is 2. The van der Waals surface area contributed by atoms with Gasteiger partial charge < -0.3 is 9.88 Å². The van der Waals surface area contributed by atoms with Gasteiger partial charge in [0, 0.05) is 31.1 Å². The van der Waals surface area contributed by atoms with E-state index in [4.69, 9.17) is 4.98 Å². The Morgan fingerprint density at radius 1 is 1.42 bits per heavy atom. The number of nitrogens with one attached hydrogen (secondary N) is 1. The molecule has 6 heteroatoms. The van der Waals surface area contributed by atoms with Crippen LogP contribution in [-0.2, 0) is 22.8 Å². The van der Waals surface area contributed by atoms with Crippen molar-refractivity contribution in [3.8, 4) is 0 Å². The van der Waals surface area contributed by atoms with Crippen LogP contribution in [0.4, 0.5) is 0 Å². The van der Waals surface area contributed by atoms with E-state index in [0.717, 1.165) is 37.4 Å². The highest BCUT2D eigenvalue weighted by molar-refractivity contribution is 7.91. The number of hydrogen-bond acceptors (Lipinski definition) is 4. The van der Waals surface area contributed by atoms with Crippen LogP contribution in [-0.4, -0.2) is 36.0 Å². The molecule has 1 atom stereocenters. The highest BCUT2D eigenvalue weighted by atomic mass is 32.2. The monoisotopic (exact) mass is 283 g/mol. The van der Waals surface area contributed by atoms with Gasteiger partial charge in [0.2, 0.25) is 0 Å². The lowest BCUT2D eigenvalue weighted by Crippen LogP contribution is -2.26. The van der Waals surface area contributed by atoms with Crippen LogP contribution in [0.1, 0.15) is 49.4 Å². The first-order valence-corrected chi connectivity index (χ1v) is 8.81. The SMILES string of the molecule is CC(C)c1nc2c(n1C1CCS(=O)(=O)C1)CCNC2. The maximum atomic E-state index is 11.7. The zero-order valence-corrected chi connectivity index (χ0v) is 12.3.